The highest BCUT2D eigenvalue weighted by molar-refractivity contribution is 5.86. The standard InChI is InChI=1S/C22H22N4O/c1-15-21(18-7-8-19-13-24-10-9-17(19)12-18)26-27-22(15)25-14-20(23)11-16-5-3-2-4-6-16/h2-10,12-13,20,25H,11,14,23H2,1H3/t20-/m1/s1. The van der Waals surface area contributed by atoms with Gasteiger partial charge in [-0.3, -0.25) is 4.98 Å². The zero-order valence-corrected chi connectivity index (χ0v) is 15.2. The van der Waals surface area contributed by atoms with Gasteiger partial charge in [-0.05, 0) is 36.4 Å². The van der Waals surface area contributed by atoms with Crippen molar-refractivity contribution in [1.29, 1.82) is 0 Å². The molecule has 1 atom stereocenters. The summed E-state index contributed by atoms with van der Waals surface area (Å²) >= 11 is 0. The Bertz CT molecular complexity index is 1040. The number of rotatable bonds is 6. The summed E-state index contributed by atoms with van der Waals surface area (Å²) in [5.74, 6) is 0.670. The van der Waals surface area contributed by atoms with Crippen molar-refractivity contribution in [3.8, 4) is 11.3 Å². The minimum absolute atomic E-state index is 0.00600. The van der Waals surface area contributed by atoms with E-state index in [1.807, 2.05) is 43.5 Å². The third-order valence-electron chi connectivity index (χ3n) is 4.70. The van der Waals surface area contributed by atoms with E-state index < -0.39 is 0 Å². The van der Waals surface area contributed by atoms with Gasteiger partial charge in [0.25, 0.3) is 0 Å². The maximum absolute atomic E-state index is 6.25. The molecule has 5 heteroatoms. The van der Waals surface area contributed by atoms with Crippen LogP contribution in [0.15, 0.2) is 71.5 Å². The van der Waals surface area contributed by atoms with Crippen LogP contribution in [0.4, 0.5) is 5.88 Å². The van der Waals surface area contributed by atoms with E-state index in [9.17, 15) is 0 Å². The molecule has 0 saturated carbocycles. The second kappa shape index (κ2) is 7.60. The first kappa shape index (κ1) is 17.2. The number of nitrogens with zero attached hydrogens (tertiary/aromatic N) is 2. The molecule has 136 valence electrons. The Labute approximate surface area is 158 Å². The molecule has 2 aromatic carbocycles. The molecule has 0 amide bonds. The van der Waals surface area contributed by atoms with Crippen molar-refractivity contribution in [2.24, 2.45) is 5.73 Å². The first-order chi connectivity index (χ1) is 13.2. The number of nitrogens with two attached hydrogens (primary N) is 1. The second-order valence-corrected chi connectivity index (χ2v) is 6.75. The van der Waals surface area contributed by atoms with Crippen molar-refractivity contribution < 1.29 is 4.52 Å². The molecular formula is C22H22N4O. The Kier molecular flexibility index (Phi) is 4.85. The molecule has 0 fully saturated rings. The zero-order valence-electron chi connectivity index (χ0n) is 15.2. The van der Waals surface area contributed by atoms with Crippen molar-refractivity contribution in [3.63, 3.8) is 0 Å². The van der Waals surface area contributed by atoms with E-state index in [2.05, 4.69) is 39.7 Å². The smallest absolute Gasteiger partial charge is 0.228 e. The van der Waals surface area contributed by atoms with E-state index in [4.69, 9.17) is 10.3 Å². The van der Waals surface area contributed by atoms with Gasteiger partial charge >= 0.3 is 0 Å². The van der Waals surface area contributed by atoms with Gasteiger partial charge in [-0.15, -0.1) is 0 Å². The first-order valence-electron chi connectivity index (χ1n) is 9.04. The summed E-state index contributed by atoms with van der Waals surface area (Å²) in [5, 5.41) is 9.79. The van der Waals surface area contributed by atoms with Gasteiger partial charge in [0.15, 0.2) is 0 Å². The lowest BCUT2D eigenvalue weighted by Gasteiger charge is -2.12. The summed E-state index contributed by atoms with van der Waals surface area (Å²) in [6.45, 7) is 2.63. The molecule has 0 aliphatic heterocycles. The summed E-state index contributed by atoms with van der Waals surface area (Å²) in [4.78, 5) is 4.15. The summed E-state index contributed by atoms with van der Waals surface area (Å²) in [6.07, 6.45) is 4.46. The SMILES string of the molecule is Cc1c(-c2ccc3cnccc3c2)noc1NC[C@H](N)Cc1ccccc1. The lowest BCUT2D eigenvalue weighted by Crippen LogP contribution is -2.31. The van der Waals surface area contributed by atoms with Crippen LogP contribution >= 0.6 is 0 Å². The van der Waals surface area contributed by atoms with Crippen LogP contribution in [0.3, 0.4) is 0 Å². The molecule has 0 bridgehead atoms. The van der Waals surface area contributed by atoms with Crippen molar-refractivity contribution in [3.05, 3.63) is 78.1 Å². The molecule has 0 saturated heterocycles. The lowest BCUT2D eigenvalue weighted by atomic mass is 10.0. The first-order valence-corrected chi connectivity index (χ1v) is 9.04. The molecule has 0 aliphatic carbocycles. The van der Waals surface area contributed by atoms with Crippen LogP contribution in [0, 0.1) is 6.92 Å². The fraction of sp³-hybridized carbons (Fsp3) is 0.182. The number of fused-ring (bicyclic) bond motifs is 1. The third-order valence-corrected chi connectivity index (χ3v) is 4.70. The molecule has 0 radical (unpaired) electrons. The van der Waals surface area contributed by atoms with Crippen molar-refractivity contribution in [1.82, 2.24) is 10.1 Å². The van der Waals surface area contributed by atoms with Crippen LogP contribution in [-0.2, 0) is 6.42 Å². The zero-order chi connectivity index (χ0) is 18.6. The average Bonchev–Trinajstić information content (AvgIpc) is 3.07. The minimum atomic E-state index is -0.00600. The molecule has 0 unspecified atom stereocenters. The van der Waals surface area contributed by atoms with E-state index in [0.717, 1.165) is 34.0 Å². The van der Waals surface area contributed by atoms with Crippen molar-refractivity contribution >= 4 is 16.7 Å². The van der Waals surface area contributed by atoms with Crippen LogP contribution in [0.2, 0.25) is 0 Å². The van der Waals surface area contributed by atoms with Crippen LogP contribution in [-0.4, -0.2) is 22.7 Å². The van der Waals surface area contributed by atoms with Crippen LogP contribution in [0.5, 0.6) is 0 Å². The summed E-state index contributed by atoms with van der Waals surface area (Å²) in [7, 11) is 0. The molecule has 2 heterocycles. The Morgan fingerprint density at radius 3 is 2.78 bits per heavy atom. The average molecular weight is 358 g/mol. The maximum Gasteiger partial charge on any atom is 0.228 e. The number of pyridine rings is 1. The number of anilines is 1. The van der Waals surface area contributed by atoms with E-state index in [-0.39, 0.29) is 6.04 Å². The van der Waals surface area contributed by atoms with Crippen molar-refractivity contribution in [2.45, 2.75) is 19.4 Å². The molecule has 27 heavy (non-hydrogen) atoms. The Morgan fingerprint density at radius 1 is 1.07 bits per heavy atom. The molecule has 2 aromatic heterocycles. The largest absolute Gasteiger partial charge is 0.352 e. The second-order valence-electron chi connectivity index (χ2n) is 6.75. The molecular weight excluding hydrogens is 336 g/mol. The number of aromatic nitrogens is 2. The fourth-order valence-corrected chi connectivity index (χ4v) is 3.21. The highest BCUT2D eigenvalue weighted by Gasteiger charge is 2.15. The minimum Gasteiger partial charge on any atom is -0.352 e. The molecule has 4 rings (SSSR count). The molecule has 4 aromatic rings. The third kappa shape index (κ3) is 3.83. The van der Waals surface area contributed by atoms with Crippen LogP contribution in [0.25, 0.3) is 22.0 Å². The Hall–Kier alpha value is -3.18. The topological polar surface area (TPSA) is 77.0 Å². The van der Waals surface area contributed by atoms with Gasteiger partial charge in [-0.2, -0.15) is 0 Å². The molecule has 5 nitrogen and oxygen atoms in total. The maximum atomic E-state index is 6.25. The van der Waals surface area contributed by atoms with Gasteiger partial charge < -0.3 is 15.6 Å². The van der Waals surface area contributed by atoms with E-state index in [0.29, 0.717) is 12.4 Å². The number of hydrogen-bond donors (Lipinski definition) is 2. The van der Waals surface area contributed by atoms with Crippen LogP contribution in [0.1, 0.15) is 11.1 Å². The van der Waals surface area contributed by atoms with E-state index in [1.165, 1.54) is 5.56 Å². The molecule has 0 spiro atoms. The van der Waals surface area contributed by atoms with Gasteiger partial charge in [-0.1, -0.05) is 47.6 Å². The number of nitrogens with one attached hydrogen (secondary N) is 1. The Morgan fingerprint density at radius 2 is 1.93 bits per heavy atom. The number of benzene rings is 2. The van der Waals surface area contributed by atoms with E-state index >= 15 is 0 Å². The van der Waals surface area contributed by atoms with Crippen LogP contribution < -0.4 is 11.1 Å². The van der Waals surface area contributed by atoms with Gasteiger partial charge in [0.2, 0.25) is 5.88 Å². The molecule has 0 aliphatic rings. The van der Waals surface area contributed by atoms with Crippen molar-refractivity contribution in [2.75, 3.05) is 11.9 Å². The van der Waals surface area contributed by atoms with Gasteiger partial charge in [0, 0.05) is 41.5 Å². The summed E-state index contributed by atoms with van der Waals surface area (Å²) < 4.78 is 5.53. The Balaban J connectivity index is 1.46. The monoisotopic (exact) mass is 358 g/mol. The quantitative estimate of drug-likeness (QED) is 0.541. The highest BCUT2D eigenvalue weighted by atomic mass is 16.5. The van der Waals surface area contributed by atoms with Gasteiger partial charge in [0.1, 0.15) is 5.69 Å². The van der Waals surface area contributed by atoms with Gasteiger partial charge in [-0.25, -0.2) is 0 Å². The molecule has 3 N–H and O–H groups in total. The lowest BCUT2D eigenvalue weighted by molar-refractivity contribution is 0.432. The fourth-order valence-electron chi connectivity index (χ4n) is 3.21. The van der Waals surface area contributed by atoms with Gasteiger partial charge in [0.05, 0.1) is 0 Å². The summed E-state index contributed by atoms with van der Waals surface area (Å²) in [5.41, 5.74) is 10.3. The predicted molar refractivity (Wildman–Crippen MR) is 109 cm³/mol. The predicted octanol–water partition coefficient (Wildman–Crippen LogP) is 4.18. The highest BCUT2D eigenvalue weighted by Crippen LogP contribution is 2.30. The van der Waals surface area contributed by atoms with E-state index in [1.54, 1.807) is 6.20 Å². The summed E-state index contributed by atoms with van der Waals surface area (Å²) in [6, 6.07) is 18.4. The normalized spacial score (nSPS) is 12.2. The number of hydrogen-bond acceptors (Lipinski definition) is 5.